The van der Waals surface area contributed by atoms with Gasteiger partial charge in [0, 0.05) is 11.6 Å². The van der Waals surface area contributed by atoms with Gasteiger partial charge >= 0.3 is 0 Å². The third-order valence-corrected chi connectivity index (χ3v) is 4.14. The van der Waals surface area contributed by atoms with Crippen LogP contribution in [0, 0.1) is 6.92 Å². The number of hydrogen-bond acceptors (Lipinski definition) is 3. The van der Waals surface area contributed by atoms with Gasteiger partial charge in [-0.3, -0.25) is 4.79 Å². The Labute approximate surface area is 139 Å². The van der Waals surface area contributed by atoms with E-state index in [0.29, 0.717) is 19.0 Å². The molecule has 3 aromatic rings. The molecule has 0 aliphatic rings. The fourth-order valence-corrected chi connectivity index (χ4v) is 2.66. The van der Waals surface area contributed by atoms with E-state index >= 15 is 0 Å². The van der Waals surface area contributed by atoms with Crippen molar-refractivity contribution >= 4 is 28.9 Å². The number of aryl methyl sites for hydroxylation is 2. The monoisotopic (exact) mass is 328 g/mol. The Kier molecular flexibility index (Phi) is 4.63. The summed E-state index contributed by atoms with van der Waals surface area (Å²) in [5.74, 6) is 1.26. The molecule has 4 nitrogen and oxygen atoms in total. The summed E-state index contributed by atoms with van der Waals surface area (Å²) in [6.07, 6.45) is 1.58. The third kappa shape index (κ3) is 3.37. The largest absolute Gasteiger partial charge is 0.494 e. The molecule has 0 unspecified atom stereocenters. The van der Waals surface area contributed by atoms with Crippen molar-refractivity contribution in [1.82, 2.24) is 9.55 Å². The van der Waals surface area contributed by atoms with Crippen LogP contribution in [0.3, 0.4) is 0 Å². The SMILES string of the molecule is Cc1cc(OCCCn2c(C=O)nc3ccccc32)ccc1Cl. The average Bonchev–Trinajstić information content (AvgIpc) is 2.92. The highest BCUT2D eigenvalue weighted by Crippen LogP contribution is 2.21. The predicted molar refractivity (Wildman–Crippen MR) is 91.4 cm³/mol. The number of fused-ring (bicyclic) bond motifs is 1. The maximum Gasteiger partial charge on any atom is 0.185 e. The second kappa shape index (κ2) is 6.84. The van der Waals surface area contributed by atoms with Crippen LogP contribution in [0.1, 0.15) is 22.6 Å². The Hall–Kier alpha value is -2.33. The first-order valence-corrected chi connectivity index (χ1v) is 7.86. The molecule has 0 aliphatic carbocycles. The highest BCUT2D eigenvalue weighted by Gasteiger charge is 2.09. The Morgan fingerprint density at radius 2 is 2.09 bits per heavy atom. The smallest absolute Gasteiger partial charge is 0.185 e. The van der Waals surface area contributed by atoms with Crippen molar-refractivity contribution in [3.05, 3.63) is 58.9 Å². The van der Waals surface area contributed by atoms with Gasteiger partial charge in [-0.2, -0.15) is 0 Å². The quantitative estimate of drug-likeness (QED) is 0.501. The molecule has 23 heavy (non-hydrogen) atoms. The number of nitrogens with zero attached hydrogens (tertiary/aromatic N) is 2. The van der Waals surface area contributed by atoms with Gasteiger partial charge in [0.25, 0.3) is 0 Å². The van der Waals surface area contributed by atoms with Crippen molar-refractivity contribution in [2.75, 3.05) is 6.61 Å². The number of hydrogen-bond donors (Lipinski definition) is 0. The maximum atomic E-state index is 11.2. The lowest BCUT2D eigenvalue weighted by molar-refractivity contribution is 0.111. The molecule has 0 fully saturated rings. The lowest BCUT2D eigenvalue weighted by Gasteiger charge is -2.09. The molecule has 0 bridgehead atoms. The van der Waals surface area contributed by atoms with Crippen molar-refractivity contribution in [3.63, 3.8) is 0 Å². The van der Waals surface area contributed by atoms with Crippen LogP contribution in [0.2, 0.25) is 5.02 Å². The van der Waals surface area contributed by atoms with E-state index in [-0.39, 0.29) is 0 Å². The van der Waals surface area contributed by atoms with E-state index in [9.17, 15) is 4.79 Å². The van der Waals surface area contributed by atoms with Gasteiger partial charge in [-0.15, -0.1) is 0 Å². The molecule has 0 saturated carbocycles. The zero-order chi connectivity index (χ0) is 16.2. The zero-order valence-electron chi connectivity index (χ0n) is 12.8. The second-order valence-electron chi connectivity index (χ2n) is 5.34. The molecule has 3 rings (SSSR count). The first kappa shape index (κ1) is 15.6. The average molecular weight is 329 g/mol. The molecule has 0 radical (unpaired) electrons. The highest BCUT2D eigenvalue weighted by atomic mass is 35.5. The number of carbonyl (C=O) groups is 1. The Bertz CT molecular complexity index is 842. The lowest BCUT2D eigenvalue weighted by Crippen LogP contribution is -2.07. The Morgan fingerprint density at radius 1 is 1.26 bits per heavy atom. The van der Waals surface area contributed by atoms with E-state index in [4.69, 9.17) is 16.3 Å². The minimum absolute atomic E-state index is 0.452. The summed E-state index contributed by atoms with van der Waals surface area (Å²) in [6, 6.07) is 13.4. The van der Waals surface area contributed by atoms with Crippen LogP contribution in [-0.2, 0) is 6.54 Å². The summed E-state index contributed by atoms with van der Waals surface area (Å²) in [4.78, 5) is 15.5. The summed E-state index contributed by atoms with van der Waals surface area (Å²) >= 11 is 6.00. The standard InChI is InChI=1S/C18H17ClN2O2/c1-13-11-14(7-8-15(13)19)23-10-4-9-21-17-6-3-2-5-16(17)20-18(21)12-22/h2-3,5-8,11-12H,4,9-10H2,1H3. The normalized spacial score (nSPS) is 10.9. The Morgan fingerprint density at radius 3 is 2.87 bits per heavy atom. The molecular formula is C18H17ClN2O2. The topological polar surface area (TPSA) is 44.1 Å². The summed E-state index contributed by atoms with van der Waals surface area (Å²) in [6.45, 7) is 3.19. The van der Waals surface area contributed by atoms with Crippen LogP contribution < -0.4 is 4.74 Å². The molecule has 0 spiro atoms. The maximum absolute atomic E-state index is 11.2. The molecule has 0 amide bonds. The number of rotatable bonds is 6. The summed E-state index contributed by atoms with van der Waals surface area (Å²) in [5.41, 5.74) is 2.80. The van der Waals surface area contributed by atoms with Gasteiger partial charge in [-0.25, -0.2) is 4.98 Å². The predicted octanol–water partition coefficient (Wildman–Crippen LogP) is 4.28. The van der Waals surface area contributed by atoms with E-state index in [1.165, 1.54) is 0 Å². The van der Waals surface area contributed by atoms with Crippen molar-refractivity contribution in [2.45, 2.75) is 19.9 Å². The van der Waals surface area contributed by atoms with Crippen LogP contribution in [0.15, 0.2) is 42.5 Å². The van der Waals surface area contributed by atoms with Crippen LogP contribution in [0.25, 0.3) is 11.0 Å². The molecule has 0 aliphatic heterocycles. The van der Waals surface area contributed by atoms with E-state index in [0.717, 1.165) is 40.1 Å². The number of para-hydroxylation sites is 2. The fourth-order valence-electron chi connectivity index (χ4n) is 2.54. The zero-order valence-corrected chi connectivity index (χ0v) is 13.6. The molecule has 118 valence electrons. The fraction of sp³-hybridized carbons (Fsp3) is 0.222. The van der Waals surface area contributed by atoms with E-state index in [2.05, 4.69) is 4.98 Å². The Balaban J connectivity index is 1.64. The number of benzene rings is 2. The number of aldehydes is 1. The van der Waals surface area contributed by atoms with Crippen molar-refractivity contribution in [1.29, 1.82) is 0 Å². The van der Waals surface area contributed by atoms with Crippen molar-refractivity contribution in [2.24, 2.45) is 0 Å². The van der Waals surface area contributed by atoms with E-state index < -0.39 is 0 Å². The third-order valence-electron chi connectivity index (χ3n) is 3.71. The molecule has 0 saturated heterocycles. The number of carbonyl (C=O) groups excluding carboxylic acids is 1. The molecule has 1 heterocycles. The highest BCUT2D eigenvalue weighted by molar-refractivity contribution is 6.31. The molecule has 1 aromatic heterocycles. The van der Waals surface area contributed by atoms with Gasteiger partial charge in [0.15, 0.2) is 12.1 Å². The first-order valence-electron chi connectivity index (χ1n) is 7.48. The second-order valence-corrected chi connectivity index (χ2v) is 5.75. The van der Waals surface area contributed by atoms with Gasteiger partial charge in [0.2, 0.25) is 0 Å². The van der Waals surface area contributed by atoms with Gasteiger partial charge in [0.05, 0.1) is 17.6 Å². The lowest BCUT2D eigenvalue weighted by atomic mass is 10.2. The minimum atomic E-state index is 0.452. The molecular weight excluding hydrogens is 312 g/mol. The number of aromatic nitrogens is 2. The number of halogens is 1. The van der Waals surface area contributed by atoms with Crippen LogP contribution in [0.4, 0.5) is 0 Å². The van der Waals surface area contributed by atoms with Crippen LogP contribution in [-0.4, -0.2) is 22.4 Å². The molecule has 5 heteroatoms. The van der Waals surface area contributed by atoms with Gasteiger partial charge in [-0.1, -0.05) is 23.7 Å². The molecule has 0 N–H and O–H groups in total. The summed E-state index contributed by atoms with van der Waals surface area (Å²) in [7, 11) is 0. The first-order chi connectivity index (χ1) is 11.2. The van der Waals surface area contributed by atoms with Gasteiger partial charge in [-0.05, 0) is 49.2 Å². The van der Waals surface area contributed by atoms with Crippen LogP contribution in [0.5, 0.6) is 5.75 Å². The van der Waals surface area contributed by atoms with Crippen molar-refractivity contribution < 1.29 is 9.53 Å². The van der Waals surface area contributed by atoms with Gasteiger partial charge in [0.1, 0.15) is 5.75 Å². The number of ether oxygens (including phenoxy) is 1. The summed E-state index contributed by atoms with van der Waals surface area (Å²) < 4.78 is 7.67. The minimum Gasteiger partial charge on any atom is -0.494 e. The number of imidazole rings is 1. The molecule has 2 aromatic carbocycles. The van der Waals surface area contributed by atoms with Gasteiger partial charge < -0.3 is 9.30 Å². The summed E-state index contributed by atoms with van der Waals surface area (Å²) in [5, 5.41) is 0.734. The van der Waals surface area contributed by atoms with E-state index in [1.807, 2.05) is 54.0 Å². The van der Waals surface area contributed by atoms with Crippen LogP contribution >= 0.6 is 11.6 Å². The van der Waals surface area contributed by atoms with Crippen molar-refractivity contribution in [3.8, 4) is 5.75 Å². The molecule has 0 atom stereocenters. The van der Waals surface area contributed by atoms with E-state index in [1.54, 1.807) is 0 Å².